The Balaban J connectivity index is 3.35. The van der Waals surface area contributed by atoms with Gasteiger partial charge in [0.1, 0.15) is 5.76 Å². The maximum atomic E-state index is 11.8. The van der Waals surface area contributed by atoms with Crippen LogP contribution in [0.1, 0.15) is 27.6 Å². The van der Waals surface area contributed by atoms with Crippen molar-refractivity contribution < 1.29 is 33.7 Å². The highest BCUT2D eigenvalue weighted by Crippen LogP contribution is 2.21. The van der Waals surface area contributed by atoms with E-state index in [4.69, 9.17) is 16.3 Å². The van der Waals surface area contributed by atoms with Gasteiger partial charge in [0.05, 0.1) is 43.5 Å². The van der Waals surface area contributed by atoms with E-state index in [0.717, 1.165) is 0 Å². The maximum Gasteiger partial charge on any atom is 0.362 e. The van der Waals surface area contributed by atoms with Crippen LogP contribution in [0.5, 0.6) is 0 Å². The van der Waals surface area contributed by atoms with E-state index in [1.165, 1.54) is 32.4 Å². The summed E-state index contributed by atoms with van der Waals surface area (Å²) in [6.07, 6.45) is 0. The Hall–Kier alpha value is -2.94. The summed E-state index contributed by atoms with van der Waals surface area (Å²) in [4.78, 5) is 35.3. The second-order valence-corrected chi connectivity index (χ2v) is 4.87. The number of hydrogen-bond donors (Lipinski definition) is 1. The zero-order valence-electron chi connectivity index (χ0n) is 14.3. The third-order valence-electron chi connectivity index (χ3n) is 2.89. The van der Waals surface area contributed by atoms with E-state index >= 15 is 0 Å². The van der Waals surface area contributed by atoms with Crippen LogP contribution < -0.4 is 0 Å². The van der Waals surface area contributed by atoms with Crippen LogP contribution in [0.25, 0.3) is 0 Å². The molecule has 0 fully saturated rings. The lowest BCUT2D eigenvalue weighted by Crippen LogP contribution is -2.09. The molecule has 0 unspecified atom stereocenters. The van der Waals surface area contributed by atoms with Gasteiger partial charge in [0.15, 0.2) is 0 Å². The number of alkyl halides is 1. The minimum Gasteiger partial charge on any atom is -0.508 e. The molecule has 0 radical (unpaired) electrons. The molecular weight excluding hydrogens is 368 g/mol. The second-order valence-electron chi connectivity index (χ2n) is 4.60. The van der Waals surface area contributed by atoms with Crippen LogP contribution in [0.2, 0.25) is 0 Å². The van der Waals surface area contributed by atoms with Gasteiger partial charge in [0, 0.05) is 0 Å². The molecule has 0 amide bonds. The minimum atomic E-state index is -0.924. The van der Waals surface area contributed by atoms with Crippen LogP contribution >= 0.6 is 11.6 Å². The lowest BCUT2D eigenvalue weighted by atomic mass is 10.1. The molecule has 0 spiro atoms. The van der Waals surface area contributed by atoms with E-state index < -0.39 is 29.4 Å². The van der Waals surface area contributed by atoms with Crippen molar-refractivity contribution in [2.75, 3.05) is 26.7 Å². The number of benzene rings is 1. The summed E-state index contributed by atoms with van der Waals surface area (Å²) < 4.78 is 14.0. The van der Waals surface area contributed by atoms with Gasteiger partial charge in [-0.15, -0.1) is 16.7 Å². The van der Waals surface area contributed by atoms with Crippen molar-refractivity contribution in [3.63, 3.8) is 0 Å². The summed E-state index contributed by atoms with van der Waals surface area (Å²) in [6.45, 7) is 1.63. The number of azo groups is 1. The molecule has 9 nitrogen and oxygen atoms in total. The summed E-state index contributed by atoms with van der Waals surface area (Å²) in [5.74, 6) is -3.27. The number of aliphatic hydroxyl groups is 1. The zero-order valence-corrected chi connectivity index (χ0v) is 15.1. The van der Waals surface area contributed by atoms with Gasteiger partial charge in [0.2, 0.25) is 5.70 Å². The molecule has 0 atom stereocenters. The lowest BCUT2D eigenvalue weighted by Gasteiger charge is -2.05. The predicted octanol–water partition coefficient (Wildman–Crippen LogP) is 2.92. The molecule has 0 heterocycles. The molecule has 1 aromatic rings. The summed E-state index contributed by atoms with van der Waals surface area (Å²) in [7, 11) is 2.35. The summed E-state index contributed by atoms with van der Waals surface area (Å²) in [6, 6.07) is 3.82. The highest BCUT2D eigenvalue weighted by Gasteiger charge is 2.17. The Bertz CT molecular complexity index is 725. The summed E-state index contributed by atoms with van der Waals surface area (Å²) >= 11 is 5.50. The molecule has 0 aliphatic carbocycles. The average molecular weight is 385 g/mol. The van der Waals surface area contributed by atoms with Crippen LogP contribution in [0.4, 0.5) is 5.69 Å². The Kier molecular flexibility index (Phi) is 8.23. The van der Waals surface area contributed by atoms with Gasteiger partial charge in [-0.2, -0.15) is 5.11 Å². The van der Waals surface area contributed by atoms with Crippen LogP contribution in [0, 0.1) is 0 Å². The summed E-state index contributed by atoms with van der Waals surface area (Å²) in [5.41, 5.74) is -0.414. The molecule has 1 aromatic carbocycles. The number of hydrogen-bond acceptors (Lipinski definition) is 9. The van der Waals surface area contributed by atoms with Crippen LogP contribution in [0.15, 0.2) is 39.9 Å². The predicted molar refractivity (Wildman–Crippen MR) is 90.6 cm³/mol. The van der Waals surface area contributed by atoms with Crippen molar-refractivity contribution in [1.29, 1.82) is 0 Å². The molecule has 0 aromatic heterocycles. The van der Waals surface area contributed by atoms with Crippen LogP contribution in [-0.4, -0.2) is 49.7 Å². The molecule has 0 aliphatic rings. The monoisotopic (exact) mass is 384 g/mol. The van der Waals surface area contributed by atoms with E-state index in [-0.39, 0.29) is 29.3 Å². The molecule has 0 saturated carbocycles. The number of nitrogens with zero attached hydrogens (tertiary/aromatic N) is 2. The molecule has 0 saturated heterocycles. The third kappa shape index (κ3) is 5.55. The number of aliphatic hydroxyl groups excluding tert-OH is 1. The number of ether oxygens (including phenoxy) is 3. The van der Waals surface area contributed by atoms with E-state index in [2.05, 4.69) is 19.7 Å². The Labute approximate surface area is 154 Å². The van der Waals surface area contributed by atoms with Crippen molar-refractivity contribution in [2.24, 2.45) is 10.2 Å². The lowest BCUT2D eigenvalue weighted by molar-refractivity contribution is -0.138. The molecule has 0 bridgehead atoms. The number of halogens is 1. The van der Waals surface area contributed by atoms with Gasteiger partial charge in [-0.1, -0.05) is 0 Å². The van der Waals surface area contributed by atoms with Crippen molar-refractivity contribution >= 4 is 35.2 Å². The van der Waals surface area contributed by atoms with Crippen LogP contribution in [0.3, 0.4) is 0 Å². The Morgan fingerprint density at radius 1 is 1.08 bits per heavy atom. The van der Waals surface area contributed by atoms with Crippen molar-refractivity contribution in [3.05, 3.63) is 40.8 Å². The quantitative estimate of drug-likeness (QED) is 0.191. The number of rotatable bonds is 7. The van der Waals surface area contributed by atoms with Gasteiger partial charge in [-0.05, 0) is 25.1 Å². The fraction of sp³-hybridized carbons (Fsp3) is 0.312. The average Bonchev–Trinajstić information content (AvgIpc) is 2.66. The first-order valence-corrected chi connectivity index (χ1v) is 7.80. The van der Waals surface area contributed by atoms with Gasteiger partial charge in [-0.25, -0.2) is 14.4 Å². The van der Waals surface area contributed by atoms with E-state index in [1.807, 2.05) is 0 Å². The van der Waals surface area contributed by atoms with Crippen molar-refractivity contribution in [3.8, 4) is 0 Å². The first-order valence-electron chi connectivity index (χ1n) is 7.26. The highest BCUT2D eigenvalue weighted by atomic mass is 35.5. The van der Waals surface area contributed by atoms with E-state index in [0.29, 0.717) is 0 Å². The highest BCUT2D eigenvalue weighted by molar-refractivity contribution is 6.19. The smallest absolute Gasteiger partial charge is 0.362 e. The Morgan fingerprint density at radius 3 is 2.04 bits per heavy atom. The molecule has 0 aliphatic heterocycles. The molecule has 1 rings (SSSR count). The fourth-order valence-electron chi connectivity index (χ4n) is 1.73. The van der Waals surface area contributed by atoms with Gasteiger partial charge >= 0.3 is 17.9 Å². The summed E-state index contributed by atoms with van der Waals surface area (Å²) in [5, 5.41) is 17.1. The fourth-order valence-corrected chi connectivity index (χ4v) is 1.85. The topological polar surface area (TPSA) is 124 Å². The molecule has 10 heteroatoms. The first-order chi connectivity index (χ1) is 12.4. The van der Waals surface area contributed by atoms with E-state index in [9.17, 15) is 19.5 Å². The van der Waals surface area contributed by atoms with E-state index in [1.54, 1.807) is 6.92 Å². The third-order valence-corrected chi connectivity index (χ3v) is 3.15. The number of carbonyl (C=O) groups excluding carboxylic acids is 3. The van der Waals surface area contributed by atoms with Crippen molar-refractivity contribution in [1.82, 2.24) is 0 Å². The Morgan fingerprint density at radius 2 is 1.62 bits per heavy atom. The normalized spacial score (nSPS) is 11.7. The zero-order chi connectivity index (χ0) is 19.7. The van der Waals surface area contributed by atoms with Gasteiger partial charge in [-0.3, -0.25) is 0 Å². The number of allylic oxidation sites excluding steroid dienone is 1. The first kappa shape index (κ1) is 21.1. The van der Waals surface area contributed by atoms with Crippen LogP contribution in [-0.2, 0) is 19.0 Å². The molecule has 1 N–H and O–H groups in total. The number of esters is 3. The number of carbonyl (C=O) groups is 3. The second kappa shape index (κ2) is 10.1. The SMILES string of the molecule is CCOC(=O)/C(N=Nc1cc(C(=O)OC)cc(C(=O)OC)c1)=C(\O)CCl. The number of methoxy groups -OCH3 is 2. The molecular formula is C16H17ClN2O7. The van der Waals surface area contributed by atoms with Gasteiger partial charge < -0.3 is 19.3 Å². The minimum absolute atomic E-state index is 0.0209. The van der Waals surface area contributed by atoms with Crippen molar-refractivity contribution in [2.45, 2.75) is 6.92 Å². The molecule has 26 heavy (non-hydrogen) atoms. The largest absolute Gasteiger partial charge is 0.508 e. The molecule has 140 valence electrons. The standard InChI is InChI=1S/C16H17ClN2O7/c1-4-26-16(23)13(12(20)8-17)19-18-11-6-9(14(21)24-2)5-10(7-11)15(22)25-3/h5-7,20H,4,8H2,1-3H3/b13-12+,19-18?. The van der Waals surface area contributed by atoms with Gasteiger partial charge in [0.25, 0.3) is 0 Å². The maximum absolute atomic E-state index is 11.8.